The summed E-state index contributed by atoms with van der Waals surface area (Å²) in [5.41, 5.74) is 2.94. The van der Waals surface area contributed by atoms with Crippen molar-refractivity contribution in [3.8, 4) is 5.95 Å². The molecule has 0 unspecified atom stereocenters. The van der Waals surface area contributed by atoms with Gasteiger partial charge in [0.1, 0.15) is 0 Å². The lowest BCUT2D eigenvalue weighted by atomic mass is 10.00. The van der Waals surface area contributed by atoms with Crippen LogP contribution in [0.1, 0.15) is 27.3 Å². The monoisotopic (exact) mass is 336 g/mol. The third-order valence-electron chi connectivity index (χ3n) is 4.20. The van der Waals surface area contributed by atoms with Crippen LogP contribution in [0.4, 0.5) is 0 Å². The molecule has 3 heterocycles. The first-order chi connectivity index (χ1) is 12.1. The van der Waals surface area contributed by atoms with E-state index in [0.29, 0.717) is 18.8 Å². The van der Waals surface area contributed by atoms with Crippen LogP contribution >= 0.6 is 0 Å². The number of rotatable bonds is 2. The number of carbonyl (C=O) groups is 1. The van der Waals surface area contributed by atoms with Crippen LogP contribution in [-0.2, 0) is 13.0 Å². The lowest BCUT2D eigenvalue weighted by Gasteiger charge is -2.28. The predicted octanol–water partition coefficient (Wildman–Crippen LogP) is 0.858. The van der Waals surface area contributed by atoms with Crippen molar-refractivity contribution in [3.63, 3.8) is 0 Å². The van der Waals surface area contributed by atoms with E-state index in [1.54, 1.807) is 11.8 Å². The van der Waals surface area contributed by atoms with Gasteiger partial charge in [-0.05, 0) is 24.5 Å². The molecule has 0 bridgehead atoms. The van der Waals surface area contributed by atoms with E-state index in [2.05, 4.69) is 26.3 Å². The highest BCUT2D eigenvalue weighted by Crippen LogP contribution is 2.19. The van der Waals surface area contributed by atoms with E-state index >= 15 is 0 Å². The van der Waals surface area contributed by atoms with Crippen molar-refractivity contribution in [3.05, 3.63) is 69.4 Å². The molecule has 25 heavy (non-hydrogen) atoms. The van der Waals surface area contributed by atoms with E-state index in [9.17, 15) is 9.59 Å². The van der Waals surface area contributed by atoms with Crippen molar-refractivity contribution in [2.75, 3.05) is 6.54 Å². The van der Waals surface area contributed by atoms with Gasteiger partial charge in [0.2, 0.25) is 5.95 Å². The molecular weight excluding hydrogens is 320 g/mol. The number of hydrogen-bond acceptors (Lipinski definition) is 5. The topological polar surface area (TPSA) is 96.8 Å². The van der Waals surface area contributed by atoms with Crippen molar-refractivity contribution >= 4 is 5.91 Å². The normalized spacial score (nSPS) is 13.6. The molecule has 1 aliphatic heterocycles. The van der Waals surface area contributed by atoms with Crippen LogP contribution < -0.4 is 5.56 Å². The number of aromatic nitrogens is 5. The fourth-order valence-corrected chi connectivity index (χ4v) is 2.97. The first-order valence-electron chi connectivity index (χ1n) is 7.97. The van der Waals surface area contributed by atoms with Gasteiger partial charge in [-0.3, -0.25) is 14.6 Å². The fourth-order valence-electron chi connectivity index (χ4n) is 2.97. The first kappa shape index (κ1) is 15.3. The number of H-pyrrole nitrogens is 1. The Balaban J connectivity index is 1.58. The van der Waals surface area contributed by atoms with Crippen molar-refractivity contribution in [1.82, 2.24) is 29.9 Å². The van der Waals surface area contributed by atoms with Gasteiger partial charge >= 0.3 is 0 Å². The van der Waals surface area contributed by atoms with Gasteiger partial charge in [0.25, 0.3) is 11.5 Å². The summed E-state index contributed by atoms with van der Waals surface area (Å²) < 4.78 is 1.31. The summed E-state index contributed by atoms with van der Waals surface area (Å²) in [6.45, 7) is 2.91. The molecule has 0 saturated heterocycles. The zero-order chi connectivity index (χ0) is 17.4. The van der Waals surface area contributed by atoms with Gasteiger partial charge < -0.3 is 4.90 Å². The molecule has 0 aliphatic carbocycles. The lowest BCUT2D eigenvalue weighted by Crippen LogP contribution is -2.36. The van der Waals surface area contributed by atoms with Crippen molar-refractivity contribution < 1.29 is 4.79 Å². The number of nitrogens with one attached hydrogen (secondary N) is 1. The van der Waals surface area contributed by atoms with E-state index in [0.717, 1.165) is 12.0 Å². The largest absolute Gasteiger partial charge is 0.333 e. The highest BCUT2D eigenvalue weighted by atomic mass is 16.2. The van der Waals surface area contributed by atoms with Gasteiger partial charge in [0, 0.05) is 24.8 Å². The Bertz CT molecular complexity index is 1010. The van der Waals surface area contributed by atoms with Gasteiger partial charge in [-0.25, -0.2) is 4.98 Å². The second-order valence-electron chi connectivity index (χ2n) is 6.00. The van der Waals surface area contributed by atoms with Gasteiger partial charge in [-0.1, -0.05) is 29.5 Å². The zero-order valence-electron chi connectivity index (χ0n) is 13.6. The molecule has 1 aliphatic rings. The average Bonchev–Trinajstić information content (AvgIpc) is 3.10. The van der Waals surface area contributed by atoms with E-state index < -0.39 is 0 Å². The first-order valence-corrected chi connectivity index (χ1v) is 7.97. The van der Waals surface area contributed by atoms with Crippen molar-refractivity contribution in [2.24, 2.45) is 0 Å². The molecule has 0 spiro atoms. The maximum absolute atomic E-state index is 12.7. The molecule has 0 radical (unpaired) electrons. The molecule has 8 nitrogen and oxygen atoms in total. The van der Waals surface area contributed by atoms with Gasteiger partial charge in [-0.15, -0.1) is 5.10 Å². The Morgan fingerprint density at radius 2 is 2.04 bits per heavy atom. The van der Waals surface area contributed by atoms with E-state index in [1.807, 2.05) is 18.2 Å². The third-order valence-corrected chi connectivity index (χ3v) is 4.20. The van der Waals surface area contributed by atoms with Crippen LogP contribution in [-0.4, -0.2) is 42.3 Å². The summed E-state index contributed by atoms with van der Waals surface area (Å²) in [5.74, 6) is 0.0521. The Kier molecular flexibility index (Phi) is 3.64. The minimum absolute atomic E-state index is 0.184. The minimum Gasteiger partial charge on any atom is -0.333 e. The molecule has 1 amide bonds. The number of aromatic amines is 1. The van der Waals surface area contributed by atoms with E-state index in [-0.39, 0.29) is 23.1 Å². The number of amides is 1. The van der Waals surface area contributed by atoms with Crippen molar-refractivity contribution in [1.29, 1.82) is 0 Å². The number of nitrogens with zero attached hydrogens (tertiary/aromatic N) is 5. The maximum atomic E-state index is 12.7. The molecule has 1 N–H and O–H groups in total. The Labute approximate surface area is 143 Å². The smallest absolute Gasteiger partial charge is 0.276 e. The lowest BCUT2D eigenvalue weighted by molar-refractivity contribution is 0.0728. The molecule has 0 saturated carbocycles. The van der Waals surface area contributed by atoms with Crippen LogP contribution in [0.5, 0.6) is 0 Å². The molecule has 2 aromatic heterocycles. The summed E-state index contributed by atoms with van der Waals surface area (Å²) in [6, 6.07) is 9.50. The maximum Gasteiger partial charge on any atom is 0.276 e. The number of fused-ring (bicyclic) bond motifs is 1. The summed E-state index contributed by atoms with van der Waals surface area (Å²) in [4.78, 5) is 32.8. The summed E-state index contributed by atoms with van der Waals surface area (Å²) in [7, 11) is 0. The molecule has 8 heteroatoms. The van der Waals surface area contributed by atoms with Gasteiger partial charge in [0.05, 0.1) is 6.20 Å². The number of carbonyl (C=O) groups excluding carboxylic acids is 1. The Hall–Kier alpha value is -3.29. The molecular formula is C17H16N6O2. The van der Waals surface area contributed by atoms with Crippen LogP contribution in [0.2, 0.25) is 0 Å². The van der Waals surface area contributed by atoms with E-state index in [1.165, 1.54) is 22.5 Å². The molecule has 4 rings (SSSR count). The second-order valence-corrected chi connectivity index (χ2v) is 6.00. The third kappa shape index (κ3) is 2.93. The molecule has 3 aromatic rings. The summed E-state index contributed by atoms with van der Waals surface area (Å²) >= 11 is 0. The highest BCUT2D eigenvalue weighted by Gasteiger charge is 2.24. The second kappa shape index (κ2) is 5.97. The fraction of sp³-hybridized carbons (Fsp3) is 0.235. The average molecular weight is 336 g/mol. The highest BCUT2D eigenvalue weighted by molar-refractivity contribution is 5.92. The summed E-state index contributed by atoms with van der Waals surface area (Å²) in [6.07, 6.45) is 2.31. The van der Waals surface area contributed by atoms with E-state index in [4.69, 9.17) is 0 Å². The molecule has 0 atom stereocenters. The molecule has 1 aromatic carbocycles. The predicted molar refractivity (Wildman–Crippen MR) is 89.4 cm³/mol. The number of benzene rings is 1. The van der Waals surface area contributed by atoms with Crippen LogP contribution in [0, 0.1) is 6.92 Å². The molecule has 126 valence electrons. The van der Waals surface area contributed by atoms with Gasteiger partial charge in [-0.2, -0.15) is 4.68 Å². The zero-order valence-corrected chi connectivity index (χ0v) is 13.6. The quantitative estimate of drug-likeness (QED) is 0.748. The number of aryl methyl sites for hydroxylation is 1. The SMILES string of the molecule is Cc1cc(=O)[nH]c(-n2cc(C(=O)N3CCc4ccccc4C3)nn2)n1. The van der Waals surface area contributed by atoms with Crippen LogP contribution in [0.25, 0.3) is 5.95 Å². The number of hydrogen-bond donors (Lipinski definition) is 1. The Morgan fingerprint density at radius 3 is 2.84 bits per heavy atom. The van der Waals surface area contributed by atoms with Gasteiger partial charge in [0.15, 0.2) is 5.69 Å². The van der Waals surface area contributed by atoms with Crippen molar-refractivity contribution in [2.45, 2.75) is 19.9 Å². The Morgan fingerprint density at radius 1 is 1.24 bits per heavy atom. The standard InChI is InChI=1S/C17H16N6O2/c1-11-8-15(24)19-17(18-11)23-10-14(20-21-23)16(25)22-7-6-12-4-2-3-5-13(12)9-22/h2-5,8,10H,6-7,9H2,1H3,(H,18,19,24). The summed E-state index contributed by atoms with van der Waals surface area (Å²) in [5, 5.41) is 7.86. The molecule has 0 fully saturated rings. The van der Waals surface area contributed by atoms with Crippen LogP contribution in [0.3, 0.4) is 0 Å². The minimum atomic E-state index is -0.279. The van der Waals surface area contributed by atoms with Crippen LogP contribution in [0.15, 0.2) is 41.3 Å².